The Morgan fingerprint density at radius 2 is 1.89 bits per heavy atom. The fourth-order valence-electron chi connectivity index (χ4n) is 2.67. The highest BCUT2D eigenvalue weighted by Gasteiger charge is 2.16. The zero-order chi connectivity index (χ0) is 19.1. The lowest BCUT2D eigenvalue weighted by Crippen LogP contribution is -2.29. The lowest BCUT2D eigenvalue weighted by atomic mass is 10.0. The smallest absolute Gasteiger partial charge is 0.277 e. The van der Waals surface area contributed by atoms with Crippen LogP contribution >= 0.6 is 27.7 Å². The second-order valence-electron chi connectivity index (χ2n) is 5.96. The average Bonchev–Trinajstić information content (AvgIpc) is 3.16. The molecule has 0 saturated heterocycles. The summed E-state index contributed by atoms with van der Waals surface area (Å²) in [5.41, 5.74) is 1.94. The van der Waals surface area contributed by atoms with E-state index in [1.54, 1.807) is 0 Å². The molecule has 3 aromatic rings. The molecule has 5 nitrogen and oxygen atoms in total. The van der Waals surface area contributed by atoms with Gasteiger partial charge in [0.25, 0.3) is 5.22 Å². The van der Waals surface area contributed by atoms with E-state index in [9.17, 15) is 4.79 Å². The van der Waals surface area contributed by atoms with Gasteiger partial charge in [-0.3, -0.25) is 4.79 Å². The number of rotatable bonds is 8. The van der Waals surface area contributed by atoms with Crippen molar-refractivity contribution < 1.29 is 9.21 Å². The number of carbonyl (C=O) groups excluding carboxylic acids is 1. The average molecular weight is 446 g/mol. The maximum Gasteiger partial charge on any atom is 0.277 e. The van der Waals surface area contributed by atoms with E-state index in [1.807, 2.05) is 54.6 Å². The van der Waals surface area contributed by atoms with Crippen LogP contribution < -0.4 is 5.32 Å². The number of nitrogens with one attached hydrogen (secondary N) is 1. The standard InChI is InChI=1S/C20H20BrN3O2S/c1-2-8-17(14-9-4-3-5-10-14)22-18(25)13-27-20-24-23-19(26-20)15-11-6-7-12-16(15)21/h3-7,9-12,17H,2,8,13H2,1H3,(H,22,25). The number of aromatic nitrogens is 2. The summed E-state index contributed by atoms with van der Waals surface area (Å²) in [6, 6.07) is 17.7. The summed E-state index contributed by atoms with van der Waals surface area (Å²) in [5.74, 6) is 0.603. The minimum Gasteiger partial charge on any atom is -0.411 e. The van der Waals surface area contributed by atoms with Crippen LogP contribution in [0, 0.1) is 0 Å². The van der Waals surface area contributed by atoms with Crippen LogP contribution in [-0.2, 0) is 4.79 Å². The number of amides is 1. The van der Waals surface area contributed by atoms with Gasteiger partial charge >= 0.3 is 0 Å². The van der Waals surface area contributed by atoms with Gasteiger partial charge in [-0.15, -0.1) is 10.2 Å². The fraction of sp³-hybridized carbons (Fsp3) is 0.250. The molecule has 3 rings (SSSR count). The van der Waals surface area contributed by atoms with Gasteiger partial charge in [0, 0.05) is 4.47 Å². The maximum atomic E-state index is 12.4. The van der Waals surface area contributed by atoms with Crippen LogP contribution in [0.4, 0.5) is 0 Å². The summed E-state index contributed by atoms with van der Waals surface area (Å²) >= 11 is 4.71. The summed E-state index contributed by atoms with van der Waals surface area (Å²) in [6.45, 7) is 2.11. The van der Waals surface area contributed by atoms with Crippen LogP contribution in [-0.4, -0.2) is 21.9 Å². The van der Waals surface area contributed by atoms with Gasteiger partial charge in [0.2, 0.25) is 11.8 Å². The summed E-state index contributed by atoms with van der Waals surface area (Å²) in [4.78, 5) is 12.4. The van der Waals surface area contributed by atoms with E-state index in [2.05, 4.69) is 38.4 Å². The third-order valence-corrected chi connectivity index (χ3v) is 5.46. The molecule has 1 unspecified atom stereocenters. The van der Waals surface area contributed by atoms with E-state index in [0.717, 1.165) is 28.4 Å². The Labute approximate surface area is 171 Å². The van der Waals surface area contributed by atoms with Crippen LogP contribution in [0.1, 0.15) is 31.4 Å². The topological polar surface area (TPSA) is 68.0 Å². The van der Waals surface area contributed by atoms with E-state index in [1.165, 1.54) is 11.8 Å². The van der Waals surface area contributed by atoms with Gasteiger partial charge in [0.1, 0.15) is 0 Å². The number of thioether (sulfide) groups is 1. The number of halogens is 1. The van der Waals surface area contributed by atoms with Crippen molar-refractivity contribution in [2.75, 3.05) is 5.75 Å². The van der Waals surface area contributed by atoms with E-state index in [-0.39, 0.29) is 17.7 Å². The molecule has 0 aliphatic rings. The van der Waals surface area contributed by atoms with Crippen molar-refractivity contribution in [3.05, 3.63) is 64.6 Å². The first kappa shape index (κ1) is 19.6. The summed E-state index contributed by atoms with van der Waals surface area (Å²) in [5, 5.41) is 11.6. The van der Waals surface area contributed by atoms with Crippen molar-refractivity contribution in [3.8, 4) is 11.5 Å². The van der Waals surface area contributed by atoms with Crippen molar-refractivity contribution in [3.63, 3.8) is 0 Å². The number of benzene rings is 2. The number of nitrogens with zero attached hydrogens (tertiary/aromatic N) is 2. The lowest BCUT2D eigenvalue weighted by molar-refractivity contribution is -0.119. The third-order valence-electron chi connectivity index (χ3n) is 3.95. The molecule has 140 valence electrons. The Morgan fingerprint density at radius 3 is 2.63 bits per heavy atom. The predicted octanol–water partition coefficient (Wildman–Crippen LogP) is 5.25. The molecule has 0 spiro atoms. The molecular formula is C20H20BrN3O2S. The highest BCUT2D eigenvalue weighted by Crippen LogP contribution is 2.29. The Balaban J connectivity index is 1.58. The van der Waals surface area contributed by atoms with Crippen molar-refractivity contribution >= 4 is 33.6 Å². The third kappa shape index (κ3) is 5.43. The number of carbonyl (C=O) groups is 1. The molecule has 27 heavy (non-hydrogen) atoms. The van der Waals surface area contributed by atoms with Crippen LogP contribution in [0.15, 0.2) is 68.7 Å². The van der Waals surface area contributed by atoms with Crippen LogP contribution in [0.3, 0.4) is 0 Å². The first-order valence-corrected chi connectivity index (χ1v) is 10.5. The highest BCUT2D eigenvalue weighted by atomic mass is 79.9. The molecule has 1 N–H and O–H groups in total. The molecule has 0 aliphatic heterocycles. The quantitative estimate of drug-likeness (QED) is 0.479. The van der Waals surface area contributed by atoms with Crippen molar-refractivity contribution in [2.24, 2.45) is 0 Å². The van der Waals surface area contributed by atoms with Crippen molar-refractivity contribution in [1.29, 1.82) is 0 Å². The Morgan fingerprint density at radius 1 is 1.15 bits per heavy atom. The van der Waals surface area contributed by atoms with E-state index in [4.69, 9.17) is 4.42 Å². The maximum absolute atomic E-state index is 12.4. The predicted molar refractivity (Wildman–Crippen MR) is 110 cm³/mol. The Hall–Kier alpha value is -2.12. The Kier molecular flexibility index (Phi) is 7.06. The molecule has 1 aromatic heterocycles. The zero-order valence-electron chi connectivity index (χ0n) is 14.9. The van der Waals surface area contributed by atoms with Gasteiger partial charge in [0.15, 0.2) is 0 Å². The normalized spacial score (nSPS) is 11.9. The first-order valence-electron chi connectivity index (χ1n) is 8.73. The SMILES string of the molecule is CCCC(NC(=O)CSc1nnc(-c2ccccc2Br)o1)c1ccccc1. The molecule has 1 heterocycles. The Bertz CT molecular complexity index is 886. The van der Waals surface area contributed by atoms with E-state index in [0.29, 0.717) is 11.1 Å². The zero-order valence-corrected chi connectivity index (χ0v) is 17.3. The summed E-state index contributed by atoms with van der Waals surface area (Å²) < 4.78 is 6.55. The van der Waals surface area contributed by atoms with Gasteiger partial charge in [0.05, 0.1) is 17.4 Å². The minimum atomic E-state index is -0.0528. The molecule has 0 saturated carbocycles. The van der Waals surface area contributed by atoms with Crippen molar-refractivity contribution in [1.82, 2.24) is 15.5 Å². The lowest BCUT2D eigenvalue weighted by Gasteiger charge is -2.18. The highest BCUT2D eigenvalue weighted by molar-refractivity contribution is 9.10. The summed E-state index contributed by atoms with van der Waals surface area (Å²) in [6.07, 6.45) is 1.89. The van der Waals surface area contributed by atoms with E-state index < -0.39 is 0 Å². The van der Waals surface area contributed by atoms with Crippen LogP contribution in [0.25, 0.3) is 11.5 Å². The number of hydrogen-bond donors (Lipinski definition) is 1. The minimum absolute atomic E-state index is 0.0165. The van der Waals surface area contributed by atoms with Crippen molar-refractivity contribution in [2.45, 2.75) is 31.0 Å². The molecule has 0 radical (unpaired) electrons. The summed E-state index contributed by atoms with van der Waals surface area (Å²) in [7, 11) is 0. The molecule has 7 heteroatoms. The molecule has 0 bridgehead atoms. The first-order chi connectivity index (χ1) is 13.2. The molecule has 1 atom stereocenters. The monoisotopic (exact) mass is 445 g/mol. The van der Waals surface area contributed by atoms with Crippen LogP contribution in [0.5, 0.6) is 0 Å². The molecule has 0 fully saturated rings. The molecular weight excluding hydrogens is 426 g/mol. The van der Waals surface area contributed by atoms with Crippen LogP contribution in [0.2, 0.25) is 0 Å². The van der Waals surface area contributed by atoms with E-state index >= 15 is 0 Å². The van der Waals surface area contributed by atoms with Gasteiger partial charge in [-0.1, -0.05) is 67.6 Å². The fourth-order valence-corrected chi connectivity index (χ4v) is 3.70. The van der Waals surface area contributed by atoms with Gasteiger partial charge in [-0.2, -0.15) is 0 Å². The number of hydrogen-bond acceptors (Lipinski definition) is 5. The van der Waals surface area contributed by atoms with Gasteiger partial charge in [-0.25, -0.2) is 0 Å². The molecule has 1 amide bonds. The van der Waals surface area contributed by atoms with Gasteiger partial charge in [-0.05, 0) is 40.0 Å². The molecule has 0 aliphatic carbocycles. The largest absolute Gasteiger partial charge is 0.411 e. The second-order valence-corrected chi connectivity index (χ2v) is 7.74. The second kappa shape index (κ2) is 9.71. The molecule has 2 aromatic carbocycles. The van der Waals surface area contributed by atoms with Gasteiger partial charge < -0.3 is 9.73 Å².